The minimum atomic E-state index is -3.20. The van der Waals surface area contributed by atoms with Gasteiger partial charge in [-0.1, -0.05) is 13.0 Å². The van der Waals surface area contributed by atoms with Crippen LogP contribution in [0, 0.1) is 11.8 Å². The van der Waals surface area contributed by atoms with Crippen LogP contribution in [-0.4, -0.2) is 39.7 Å². The van der Waals surface area contributed by atoms with Crippen molar-refractivity contribution < 1.29 is 13.2 Å². The fourth-order valence-corrected chi connectivity index (χ4v) is 4.36. The van der Waals surface area contributed by atoms with E-state index in [9.17, 15) is 13.2 Å². The molecule has 0 spiro atoms. The molecule has 1 amide bonds. The normalized spacial score (nSPS) is 22.1. The Morgan fingerprint density at radius 1 is 1.41 bits per heavy atom. The number of nitrogens with zero attached hydrogens (tertiary/aromatic N) is 1. The van der Waals surface area contributed by atoms with Crippen molar-refractivity contribution in [2.24, 2.45) is 11.8 Å². The van der Waals surface area contributed by atoms with Crippen molar-refractivity contribution in [3.05, 3.63) is 24.3 Å². The van der Waals surface area contributed by atoms with Crippen LogP contribution in [0.4, 0.5) is 11.4 Å². The van der Waals surface area contributed by atoms with E-state index in [1.807, 2.05) is 6.92 Å². The topological polar surface area (TPSA) is 78.5 Å². The Balaban J connectivity index is 1.72. The molecule has 22 heavy (non-hydrogen) atoms. The maximum Gasteiger partial charge on any atom is 0.235 e. The first-order chi connectivity index (χ1) is 10.5. The zero-order valence-corrected chi connectivity index (χ0v) is 13.4. The van der Waals surface area contributed by atoms with E-state index in [1.54, 1.807) is 24.3 Å². The molecule has 1 aromatic carbocycles. The lowest BCUT2D eigenvalue weighted by Crippen LogP contribution is -2.48. The highest BCUT2D eigenvalue weighted by Gasteiger charge is 2.30. The lowest BCUT2D eigenvalue weighted by atomic mass is 9.88. The first-order valence-corrected chi connectivity index (χ1v) is 9.20. The zero-order chi connectivity index (χ0) is 15.7. The van der Waals surface area contributed by atoms with Gasteiger partial charge in [-0.3, -0.25) is 9.10 Å². The van der Waals surface area contributed by atoms with Gasteiger partial charge < -0.3 is 10.6 Å². The van der Waals surface area contributed by atoms with Crippen molar-refractivity contribution in [3.8, 4) is 0 Å². The average molecular weight is 323 g/mol. The number of carbonyl (C=O) groups excluding carboxylic acids is 1. The number of hydrogen-bond donors (Lipinski definition) is 2. The Morgan fingerprint density at radius 3 is 2.77 bits per heavy atom. The van der Waals surface area contributed by atoms with Crippen LogP contribution in [-0.2, 0) is 14.8 Å². The molecule has 3 rings (SSSR count). The van der Waals surface area contributed by atoms with Crippen LogP contribution in [0.15, 0.2) is 24.3 Å². The average Bonchev–Trinajstić information content (AvgIpc) is 2.76. The molecule has 120 valence electrons. The Bertz CT molecular complexity index is 670. The fourth-order valence-electron chi connectivity index (χ4n) is 2.80. The molecule has 2 N–H and O–H groups in total. The summed E-state index contributed by atoms with van der Waals surface area (Å²) in [6.45, 7) is 4.18. The van der Waals surface area contributed by atoms with E-state index in [1.165, 1.54) is 4.31 Å². The van der Waals surface area contributed by atoms with E-state index >= 15 is 0 Å². The van der Waals surface area contributed by atoms with E-state index < -0.39 is 10.0 Å². The number of carbonyl (C=O) groups is 1. The molecule has 1 aromatic rings. The predicted octanol–water partition coefficient (Wildman–Crippen LogP) is 1.02. The van der Waals surface area contributed by atoms with Crippen LogP contribution in [0.25, 0.3) is 0 Å². The maximum atomic E-state index is 12.2. The number of sulfonamides is 1. The molecule has 2 saturated heterocycles. The Hall–Kier alpha value is -1.60. The first kappa shape index (κ1) is 15.3. The molecule has 0 radical (unpaired) electrons. The minimum Gasteiger partial charge on any atom is -0.326 e. The molecule has 6 nitrogen and oxygen atoms in total. The monoisotopic (exact) mass is 323 g/mol. The standard InChI is InChI=1S/C15H21N3O3S/c1-11(12-9-16-10-12)15(19)17-13-4-2-5-14(8-13)18-6-3-7-22(18,20)21/h2,4-5,8,11-12,16H,3,6-7,9-10H2,1H3,(H,17,19). The van der Waals surface area contributed by atoms with Crippen molar-refractivity contribution in [1.82, 2.24) is 5.32 Å². The molecule has 0 saturated carbocycles. The summed E-state index contributed by atoms with van der Waals surface area (Å²) in [7, 11) is -3.20. The van der Waals surface area contributed by atoms with E-state index in [2.05, 4.69) is 10.6 Å². The van der Waals surface area contributed by atoms with Crippen LogP contribution >= 0.6 is 0 Å². The number of hydrogen-bond acceptors (Lipinski definition) is 4. The second-order valence-corrected chi connectivity index (χ2v) is 8.00. The number of benzene rings is 1. The van der Waals surface area contributed by atoms with Gasteiger partial charge in [0.1, 0.15) is 0 Å². The largest absolute Gasteiger partial charge is 0.326 e. The third-order valence-corrected chi connectivity index (χ3v) is 6.30. The van der Waals surface area contributed by atoms with Gasteiger partial charge in [0, 0.05) is 18.2 Å². The highest BCUT2D eigenvalue weighted by molar-refractivity contribution is 7.93. The highest BCUT2D eigenvalue weighted by Crippen LogP contribution is 2.27. The van der Waals surface area contributed by atoms with Crippen LogP contribution in [0.1, 0.15) is 13.3 Å². The third kappa shape index (κ3) is 2.96. The summed E-state index contributed by atoms with van der Waals surface area (Å²) in [5.74, 6) is 0.491. The summed E-state index contributed by atoms with van der Waals surface area (Å²) in [5.41, 5.74) is 1.26. The van der Waals surface area contributed by atoms with Crippen LogP contribution in [0.3, 0.4) is 0 Å². The summed E-state index contributed by atoms with van der Waals surface area (Å²) in [5, 5.41) is 6.06. The molecule has 1 atom stereocenters. The quantitative estimate of drug-likeness (QED) is 0.867. The lowest BCUT2D eigenvalue weighted by Gasteiger charge is -2.31. The summed E-state index contributed by atoms with van der Waals surface area (Å²) in [4.78, 5) is 12.2. The fraction of sp³-hybridized carbons (Fsp3) is 0.533. The van der Waals surface area contributed by atoms with Gasteiger partial charge in [-0.25, -0.2) is 8.42 Å². The zero-order valence-electron chi connectivity index (χ0n) is 12.6. The van der Waals surface area contributed by atoms with Crippen molar-refractivity contribution in [2.75, 3.05) is 35.0 Å². The van der Waals surface area contributed by atoms with Gasteiger partial charge in [0.25, 0.3) is 0 Å². The first-order valence-electron chi connectivity index (χ1n) is 7.59. The van der Waals surface area contributed by atoms with E-state index in [4.69, 9.17) is 0 Å². The van der Waals surface area contributed by atoms with Crippen LogP contribution in [0.2, 0.25) is 0 Å². The van der Waals surface area contributed by atoms with Gasteiger partial charge in [-0.05, 0) is 43.6 Å². The molecule has 2 fully saturated rings. The Morgan fingerprint density at radius 2 is 2.18 bits per heavy atom. The maximum absolute atomic E-state index is 12.2. The number of amides is 1. The molecule has 0 aromatic heterocycles. The number of nitrogens with one attached hydrogen (secondary N) is 2. The van der Waals surface area contributed by atoms with Gasteiger partial charge in [-0.15, -0.1) is 0 Å². The molecular formula is C15H21N3O3S. The molecule has 2 aliphatic heterocycles. The van der Waals surface area contributed by atoms with Crippen molar-refractivity contribution >= 4 is 27.3 Å². The summed E-state index contributed by atoms with van der Waals surface area (Å²) >= 11 is 0. The molecular weight excluding hydrogens is 302 g/mol. The number of anilines is 2. The van der Waals surface area contributed by atoms with Gasteiger partial charge in [0.2, 0.25) is 15.9 Å². The van der Waals surface area contributed by atoms with Crippen molar-refractivity contribution in [2.45, 2.75) is 13.3 Å². The molecule has 2 aliphatic rings. The van der Waals surface area contributed by atoms with Crippen molar-refractivity contribution in [1.29, 1.82) is 0 Å². The molecule has 2 heterocycles. The van der Waals surface area contributed by atoms with Crippen LogP contribution < -0.4 is 14.9 Å². The predicted molar refractivity (Wildman–Crippen MR) is 86.3 cm³/mol. The molecule has 1 unspecified atom stereocenters. The summed E-state index contributed by atoms with van der Waals surface area (Å²) < 4.78 is 25.4. The molecule has 0 bridgehead atoms. The van der Waals surface area contributed by atoms with Gasteiger partial charge in [0.05, 0.1) is 11.4 Å². The number of rotatable bonds is 4. The minimum absolute atomic E-state index is 0.0204. The van der Waals surface area contributed by atoms with E-state index in [0.717, 1.165) is 13.1 Å². The Kier molecular flexibility index (Phi) is 4.10. The SMILES string of the molecule is CC(C(=O)Nc1cccc(N2CCCS2(=O)=O)c1)C1CNC1. The molecule has 7 heteroatoms. The van der Waals surface area contributed by atoms with Gasteiger partial charge >= 0.3 is 0 Å². The smallest absolute Gasteiger partial charge is 0.235 e. The van der Waals surface area contributed by atoms with Gasteiger partial charge in [0.15, 0.2) is 0 Å². The second-order valence-electron chi connectivity index (χ2n) is 5.99. The molecule has 0 aliphatic carbocycles. The summed E-state index contributed by atoms with van der Waals surface area (Å²) in [6, 6.07) is 7.05. The van der Waals surface area contributed by atoms with E-state index in [-0.39, 0.29) is 17.6 Å². The second kappa shape index (κ2) is 5.89. The highest BCUT2D eigenvalue weighted by atomic mass is 32.2. The van der Waals surface area contributed by atoms with E-state index in [0.29, 0.717) is 30.3 Å². The van der Waals surface area contributed by atoms with Gasteiger partial charge in [-0.2, -0.15) is 0 Å². The Labute approximate surface area is 130 Å². The lowest BCUT2D eigenvalue weighted by molar-refractivity contribution is -0.121. The van der Waals surface area contributed by atoms with Crippen LogP contribution in [0.5, 0.6) is 0 Å². The van der Waals surface area contributed by atoms with Crippen molar-refractivity contribution in [3.63, 3.8) is 0 Å². The summed E-state index contributed by atoms with van der Waals surface area (Å²) in [6.07, 6.45) is 0.643. The third-order valence-electron chi connectivity index (χ3n) is 4.43.